The molecule has 3 aromatic rings. The molecule has 1 saturated heterocycles. The topological polar surface area (TPSA) is 80.0 Å². The van der Waals surface area contributed by atoms with Crippen molar-refractivity contribution in [3.05, 3.63) is 76.0 Å². The number of hydrogen-bond acceptors (Lipinski definition) is 6. The van der Waals surface area contributed by atoms with E-state index in [4.69, 9.17) is 4.74 Å². The summed E-state index contributed by atoms with van der Waals surface area (Å²) in [7, 11) is 1.61. The number of carbonyl (C=O) groups is 1. The van der Waals surface area contributed by atoms with E-state index in [1.54, 1.807) is 16.7 Å². The van der Waals surface area contributed by atoms with E-state index >= 15 is 0 Å². The lowest BCUT2D eigenvalue weighted by molar-refractivity contribution is 0.0973. The number of ether oxygens (including phenoxy) is 1. The van der Waals surface area contributed by atoms with Gasteiger partial charge in [-0.1, -0.05) is 31.2 Å². The Hall–Kier alpha value is -3.52. The largest absolute Gasteiger partial charge is 0.497 e. The number of anilines is 1. The van der Waals surface area contributed by atoms with Gasteiger partial charge in [0.2, 0.25) is 0 Å². The minimum Gasteiger partial charge on any atom is -0.497 e. The minimum atomic E-state index is -0.124. The Kier molecular flexibility index (Phi) is 6.62. The van der Waals surface area contributed by atoms with Crippen LogP contribution < -0.4 is 9.64 Å². The third-order valence-electron chi connectivity index (χ3n) is 7.41. The number of likely N-dealkylation sites (tertiary alicyclic amines) is 1. The molecule has 36 heavy (non-hydrogen) atoms. The van der Waals surface area contributed by atoms with Gasteiger partial charge in [0.05, 0.1) is 18.5 Å². The molecule has 2 aliphatic rings. The Morgan fingerprint density at radius 3 is 2.28 bits per heavy atom. The lowest BCUT2D eigenvalue weighted by Gasteiger charge is -2.32. The van der Waals surface area contributed by atoms with E-state index in [1.165, 1.54) is 31.5 Å². The van der Waals surface area contributed by atoms with E-state index < -0.39 is 0 Å². The first-order valence-corrected chi connectivity index (χ1v) is 12.6. The minimum absolute atomic E-state index is 0.0334. The maximum Gasteiger partial charge on any atom is 0.277 e. The van der Waals surface area contributed by atoms with E-state index in [0.717, 1.165) is 29.2 Å². The normalized spacial score (nSPS) is 16.3. The highest BCUT2D eigenvalue weighted by Gasteiger charge is 2.33. The average molecular weight is 488 g/mol. The summed E-state index contributed by atoms with van der Waals surface area (Å²) in [6.07, 6.45) is 3.18. The third kappa shape index (κ3) is 4.53. The Bertz CT molecular complexity index is 1240. The highest BCUT2D eigenvalue weighted by molar-refractivity contribution is 6.07. The van der Waals surface area contributed by atoms with Gasteiger partial charge in [0.1, 0.15) is 18.0 Å². The van der Waals surface area contributed by atoms with Gasteiger partial charge in [-0.15, -0.1) is 0 Å². The fraction of sp³-hybridized carbons (Fsp3) is 0.429. The van der Waals surface area contributed by atoms with Crippen molar-refractivity contribution in [3.63, 3.8) is 0 Å². The van der Waals surface area contributed by atoms with Gasteiger partial charge in [0.15, 0.2) is 0 Å². The van der Waals surface area contributed by atoms with Crippen LogP contribution in [-0.2, 0) is 18.4 Å². The molecule has 0 saturated carbocycles. The van der Waals surface area contributed by atoms with Crippen LogP contribution in [0.2, 0.25) is 0 Å². The van der Waals surface area contributed by atoms with Gasteiger partial charge >= 0.3 is 0 Å². The molecule has 0 spiro atoms. The van der Waals surface area contributed by atoms with Crippen LogP contribution in [0.1, 0.15) is 54.0 Å². The Labute approximate surface area is 211 Å². The number of aromatic nitrogens is 2. The van der Waals surface area contributed by atoms with Gasteiger partial charge in [-0.2, -0.15) is 10.0 Å². The molecule has 1 fully saturated rings. The second-order valence-electron chi connectivity index (χ2n) is 10.3. The number of carbonyl (C=O) groups excluding carboxylic acids is 1. The maximum absolute atomic E-state index is 13.8. The van der Waals surface area contributed by atoms with Gasteiger partial charge in [-0.25, -0.2) is 4.68 Å². The summed E-state index contributed by atoms with van der Waals surface area (Å²) in [6, 6.07) is 15.8. The van der Waals surface area contributed by atoms with Crippen molar-refractivity contribution in [1.82, 2.24) is 14.7 Å². The van der Waals surface area contributed by atoms with E-state index in [0.29, 0.717) is 24.4 Å². The molecular formula is C28H33N5O3. The first-order chi connectivity index (χ1) is 17.4. The van der Waals surface area contributed by atoms with Crippen LogP contribution in [0.5, 0.6) is 5.75 Å². The van der Waals surface area contributed by atoms with E-state index in [-0.39, 0.29) is 17.9 Å². The zero-order valence-corrected chi connectivity index (χ0v) is 21.2. The maximum atomic E-state index is 13.8. The molecule has 8 nitrogen and oxygen atoms in total. The molecule has 2 aromatic carbocycles. The van der Waals surface area contributed by atoms with Crippen LogP contribution in [0.25, 0.3) is 5.69 Å². The number of fused-ring (bicyclic) bond motifs is 1. The van der Waals surface area contributed by atoms with Crippen LogP contribution in [0.3, 0.4) is 0 Å². The molecule has 2 aliphatic heterocycles. The molecular weight excluding hydrogens is 454 g/mol. The molecule has 1 aromatic heterocycles. The number of hydrogen-bond donors (Lipinski definition) is 0. The van der Waals surface area contributed by atoms with Crippen molar-refractivity contribution in [3.8, 4) is 11.4 Å². The van der Waals surface area contributed by atoms with E-state index in [1.807, 2.05) is 36.4 Å². The van der Waals surface area contributed by atoms with Gasteiger partial charge in [-0.3, -0.25) is 4.79 Å². The molecule has 0 aliphatic carbocycles. The van der Waals surface area contributed by atoms with Gasteiger partial charge < -0.3 is 14.5 Å². The number of nitrogens with zero attached hydrogens (tertiary/aromatic N) is 5. The molecule has 3 heterocycles. The summed E-state index contributed by atoms with van der Waals surface area (Å²) in [4.78, 5) is 29.2. The molecule has 5 rings (SSSR count). The smallest absolute Gasteiger partial charge is 0.277 e. The average Bonchev–Trinajstić information content (AvgIpc) is 3.53. The zero-order chi connectivity index (χ0) is 25.3. The molecule has 0 unspecified atom stereocenters. The molecule has 0 N–H and O–H groups in total. The summed E-state index contributed by atoms with van der Waals surface area (Å²) in [6.45, 7) is 8.43. The highest BCUT2D eigenvalue weighted by Crippen LogP contribution is 2.32. The molecule has 0 radical (unpaired) electrons. The van der Waals surface area contributed by atoms with Crippen LogP contribution in [0.4, 0.5) is 5.69 Å². The lowest BCUT2D eigenvalue weighted by Crippen LogP contribution is -2.39. The number of benzene rings is 2. The number of amides is 1. The Balaban J connectivity index is 1.43. The van der Waals surface area contributed by atoms with Crippen LogP contribution in [0, 0.1) is 4.91 Å². The summed E-state index contributed by atoms with van der Waals surface area (Å²) >= 11 is 0. The monoisotopic (exact) mass is 487 g/mol. The molecule has 0 bridgehead atoms. The predicted molar refractivity (Wildman–Crippen MR) is 140 cm³/mol. The van der Waals surface area contributed by atoms with Crippen LogP contribution >= 0.6 is 0 Å². The fourth-order valence-corrected chi connectivity index (χ4v) is 5.46. The van der Waals surface area contributed by atoms with Crippen LogP contribution in [0.15, 0.2) is 53.7 Å². The van der Waals surface area contributed by atoms with E-state index in [2.05, 4.69) is 41.2 Å². The number of rotatable bonds is 8. The second-order valence-corrected chi connectivity index (χ2v) is 10.3. The standard InChI is InChI=1S/C28H33N5O3/c1-28(2,19-31-15-4-5-16-31)20-6-8-21(9-7-20)32-17-14-24-25(18-29-35)30-33(26(24)27(32)34)22-10-12-23(36-3)13-11-22/h6-13H,4-5,14-19H2,1-3H3. The Morgan fingerprint density at radius 2 is 1.64 bits per heavy atom. The van der Waals surface area contributed by atoms with Crippen molar-refractivity contribution < 1.29 is 9.53 Å². The summed E-state index contributed by atoms with van der Waals surface area (Å²) in [5.74, 6) is 0.594. The number of methoxy groups -OCH3 is 1. The first kappa shape index (κ1) is 24.2. The van der Waals surface area contributed by atoms with Crippen molar-refractivity contribution in [1.29, 1.82) is 0 Å². The SMILES string of the molecule is COc1ccc(-n2nc(CN=O)c3c2C(=O)N(c2ccc(C(C)(C)CN4CCCC4)cc2)CC3)cc1. The predicted octanol–water partition coefficient (Wildman–Crippen LogP) is 4.72. The van der Waals surface area contributed by atoms with Crippen molar-refractivity contribution >= 4 is 11.6 Å². The van der Waals surface area contributed by atoms with E-state index in [9.17, 15) is 9.70 Å². The quantitative estimate of drug-likeness (QED) is 0.430. The third-order valence-corrected chi connectivity index (χ3v) is 7.41. The summed E-state index contributed by atoms with van der Waals surface area (Å²) < 4.78 is 6.90. The summed E-state index contributed by atoms with van der Waals surface area (Å²) in [5, 5.41) is 7.66. The fourth-order valence-electron chi connectivity index (χ4n) is 5.46. The van der Waals surface area contributed by atoms with Crippen molar-refractivity contribution in [2.45, 2.75) is 45.1 Å². The zero-order valence-electron chi connectivity index (χ0n) is 21.2. The van der Waals surface area contributed by atoms with Crippen molar-refractivity contribution in [2.75, 3.05) is 38.2 Å². The van der Waals surface area contributed by atoms with Gasteiger partial charge in [0.25, 0.3) is 5.91 Å². The lowest BCUT2D eigenvalue weighted by atomic mass is 9.84. The first-order valence-electron chi connectivity index (χ1n) is 12.6. The molecule has 8 heteroatoms. The van der Waals surface area contributed by atoms with Gasteiger partial charge in [0, 0.05) is 29.8 Å². The molecule has 1 amide bonds. The molecule has 0 atom stereocenters. The summed E-state index contributed by atoms with van der Waals surface area (Å²) in [5.41, 5.74) is 4.75. The number of nitroso groups, excluding NO2 is 1. The van der Waals surface area contributed by atoms with Crippen LogP contribution in [-0.4, -0.2) is 53.9 Å². The van der Waals surface area contributed by atoms with Gasteiger partial charge in [-0.05, 0) is 74.3 Å². The highest BCUT2D eigenvalue weighted by atomic mass is 16.5. The Morgan fingerprint density at radius 1 is 0.972 bits per heavy atom. The second kappa shape index (κ2) is 9.85. The molecule has 188 valence electrons. The van der Waals surface area contributed by atoms with Crippen molar-refractivity contribution in [2.24, 2.45) is 5.18 Å².